The lowest BCUT2D eigenvalue weighted by atomic mass is 9.96. The molecule has 0 radical (unpaired) electrons. The van der Waals surface area contributed by atoms with Crippen molar-refractivity contribution in [3.8, 4) is 10.6 Å². The number of carbonyl (C=O) groups excluding carboxylic acids is 1. The standard InChI is InChI=1S/C20H21F3N2O3S/c1-12-16(18(26)25-8-6-14(7-9-25)19-27-10-11-28-19)29-17(24-12)13-2-4-15(5-3-13)20(21,22)23/h2-5,14,19H,6-11H2,1H3. The number of likely N-dealkylation sites (tertiary alicyclic amines) is 1. The first-order valence-electron chi connectivity index (χ1n) is 9.50. The van der Waals surface area contributed by atoms with E-state index in [0.717, 1.165) is 25.0 Å². The summed E-state index contributed by atoms with van der Waals surface area (Å²) in [6.45, 7) is 4.25. The van der Waals surface area contributed by atoms with Gasteiger partial charge in [0.25, 0.3) is 5.91 Å². The minimum atomic E-state index is -4.38. The number of hydrogen-bond acceptors (Lipinski definition) is 5. The molecule has 0 bridgehead atoms. The zero-order valence-corrected chi connectivity index (χ0v) is 16.7. The number of aromatic nitrogens is 1. The van der Waals surface area contributed by atoms with Gasteiger partial charge >= 0.3 is 6.18 Å². The van der Waals surface area contributed by atoms with Crippen LogP contribution in [-0.2, 0) is 15.7 Å². The lowest BCUT2D eigenvalue weighted by Crippen LogP contribution is -2.41. The van der Waals surface area contributed by atoms with Crippen molar-refractivity contribution < 1.29 is 27.4 Å². The van der Waals surface area contributed by atoms with E-state index in [1.54, 1.807) is 6.92 Å². The van der Waals surface area contributed by atoms with Crippen molar-refractivity contribution in [3.63, 3.8) is 0 Å². The molecule has 1 aromatic carbocycles. The van der Waals surface area contributed by atoms with Crippen LogP contribution in [0, 0.1) is 12.8 Å². The quantitative estimate of drug-likeness (QED) is 0.732. The number of halogens is 3. The molecule has 156 valence electrons. The SMILES string of the molecule is Cc1nc(-c2ccc(C(F)(F)F)cc2)sc1C(=O)N1CCC(C2OCCO2)CC1. The van der Waals surface area contributed by atoms with Crippen molar-refractivity contribution in [1.82, 2.24) is 9.88 Å². The second-order valence-corrected chi connectivity index (χ2v) is 8.25. The number of benzene rings is 1. The van der Waals surface area contributed by atoms with Crippen LogP contribution in [0.4, 0.5) is 13.2 Å². The number of carbonyl (C=O) groups is 1. The molecule has 0 N–H and O–H groups in total. The van der Waals surface area contributed by atoms with Crippen molar-refractivity contribution in [1.29, 1.82) is 0 Å². The molecule has 29 heavy (non-hydrogen) atoms. The monoisotopic (exact) mass is 426 g/mol. The van der Waals surface area contributed by atoms with E-state index >= 15 is 0 Å². The highest BCUT2D eigenvalue weighted by molar-refractivity contribution is 7.17. The minimum Gasteiger partial charge on any atom is -0.350 e. The van der Waals surface area contributed by atoms with Gasteiger partial charge in [0.1, 0.15) is 9.88 Å². The molecule has 2 fully saturated rings. The van der Waals surface area contributed by atoms with Crippen LogP contribution in [0.15, 0.2) is 24.3 Å². The summed E-state index contributed by atoms with van der Waals surface area (Å²) < 4.78 is 49.4. The van der Waals surface area contributed by atoms with E-state index in [2.05, 4.69) is 4.98 Å². The average Bonchev–Trinajstić information content (AvgIpc) is 3.37. The molecule has 1 amide bonds. The predicted octanol–water partition coefficient (Wildman–Crippen LogP) is 4.36. The van der Waals surface area contributed by atoms with Crippen molar-refractivity contribution in [2.75, 3.05) is 26.3 Å². The molecule has 2 saturated heterocycles. The van der Waals surface area contributed by atoms with Gasteiger partial charge in [0.15, 0.2) is 6.29 Å². The molecule has 3 heterocycles. The van der Waals surface area contributed by atoms with Gasteiger partial charge in [-0.1, -0.05) is 12.1 Å². The summed E-state index contributed by atoms with van der Waals surface area (Å²) in [5, 5.41) is 0.544. The molecular weight excluding hydrogens is 405 g/mol. The summed E-state index contributed by atoms with van der Waals surface area (Å²) in [6.07, 6.45) is -2.90. The predicted molar refractivity (Wildman–Crippen MR) is 102 cm³/mol. The fraction of sp³-hybridized carbons (Fsp3) is 0.500. The number of hydrogen-bond donors (Lipinski definition) is 0. The van der Waals surface area contributed by atoms with E-state index in [9.17, 15) is 18.0 Å². The van der Waals surface area contributed by atoms with E-state index in [1.807, 2.05) is 4.90 Å². The third kappa shape index (κ3) is 4.31. The summed E-state index contributed by atoms with van der Waals surface area (Å²) >= 11 is 1.22. The van der Waals surface area contributed by atoms with Gasteiger partial charge in [-0.15, -0.1) is 11.3 Å². The fourth-order valence-electron chi connectivity index (χ4n) is 3.69. The van der Waals surface area contributed by atoms with Crippen LogP contribution in [0.25, 0.3) is 10.6 Å². The van der Waals surface area contributed by atoms with Crippen molar-refractivity contribution in [2.24, 2.45) is 5.92 Å². The van der Waals surface area contributed by atoms with Gasteiger partial charge in [0, 0.05) is 24.6 Å². The molecule has 9 heteroatoms. The molecule has 1 aromatic heterocycles. The highest BCUT2D eigenvalue weighted by Gasteiger charge is 2.33. The molecule has 0 unspecified atom stereocenters. The van der Waals surface area contributed by atoms with Crippen molar-refractivity contribution in [3.05, 3.63) is 40.4 Å². The number of rotatable bonds is 3. The highest BCUT2D eigenvalue weighted by atomic mass is 32.1. The summed E-state index contributed by atoms with van der Waals surface area (Å²) in [5.41, 5.74) is 0.461. The van der Waals surface area contributed by atoms with E-state index in [-0.39, 0.29) is 12.2 Å². The zero-order valence-electron chi connectivity index (χ0n) is 15.9. The Bertz CT molecular complexity index is 868. The molecule has 4 rings (SSSR count). The minimum absolute atomic E-state index is 0.0788. The maximum atomic E-state index is 13.0. The first-order valence-corrected chi connectivity index (χ1v) is 10.3. The third-order valence-corrected chi connectivity index (χ3v) is 6.50. The summed E-state index contributed by atoms with van der Waals surface area (Å²) in [6, 6.07) is 4.85. The number of amides is 1. The molecule has 0 aliphatic carbocycles. The maximum absolute atomic E-state index is 13.0. The number of thiazole rings is 1. The van der Waals surface area contributed by atoms with E-state index in [4.69, 9.17) is 9.47 Å². The number of piperidine rings is 1. The van der Waals surface area contributed by atoms with E-state index < -0.39 is 11.7 Å². The Labute approximate surface area is 170 Å². The van der Waals surface area contributed by atoms with Gasteiger partial charge in [-0.05, 0) is 31.9 Å². The second kappa shape index (κ2) is 8.04. The average molecular weight is 426 g/mol. The van der Waals surface area contributed by atoms with Crippen LogP contribution < -0.4 is 0 Å². The zero-order chi connectivity index (χ0) is 20.6. The Balaban J connectivity index is 1.44. The van der Waals surface area contributed by atoms with E-state index in [1.165, 1.54) is 23.5 Å². The number of aryl methyl sites for hydroxylation is 1. The van der Waals surface area contributed by atoms with Crippen LogP contribution in [0.3, 0.4) is 0 Å². The van der Waals surface area contributed by atoms with Crippen LogP contribution in [-0.4, -0.2) is 48.4 Å². The highest BCUT2D eigenvalue weighted by Crippen LogP contribution is 2.34. The lowest BCUT2D eigenvalue weighted by Gasteiger charge is -2.33. The molecule has 5 nitrogen and oxygen atoms in total. The van der Waals surface area contributed by atoms with Gasteiger partial charge in [0.05, 0.1) is 24.5 Å². The molecule has 2 aromatic rings. The lowest BCUT2D eigenvalue weighted by molar-refractivity contribution is -0.137. The third-order valence-electron chi connectivity index (χ3n) is 5.31. The Morgan fingerprint density at radius 3 is 2.34 bits per heavy atom. The second-order valence-electron chi connectivity index (χ2n) is 7.25. The van der Waals surface area contributed by atoms with Crippen LogP contribution >= 0.6 is 11.3 Å². The molecule has 0 saturated carbocycles. The van der Waals surface area contributed by atoms with Crippen LogP contribution in [0.5, 0.6) is 0 Å². The van der Waals surface area contributed by atoms with Gasteiger partial charge in [-0.3, -0.25) is 4.79 Å². The van der Waals surface area contributed by atoms with Crippen molar-refractivity contribution >= 4 is 17.2 Å². The van der Waals surface area contributed by atoms with E-state index in [0.29, 0.717) is 53.4 Å². The number of ether oxygens (including phenoxy) is 2. The topological polar surface area (TPSA) is 51.7 Å². The maximum Gasteiger partial charge on any atom is 0.416 e. The largest absolute Gasteiger partial charge is 0.416 e. The van der Waals surface area contributed by atoms with Gasteiger partial charge in [-0.25, -0.2) is 4.98 Å². The first-order chi connectivity index (χ1) is 13.8. The van der Waals surface area contributed by atoms with Crippen LogP contribution in [0.1, 0.15) is 33.8 Å². The Morgan fingerprint density at radius 2 is 1.76 bits per heavy atom. The van der Waals surface area contributed by atoms with Crippen LogP contribution in [0.2, 0.25) is 0 Å². The fourth-order valence-corrected chi connectivity index (χ4v) is 4.73. The molecule has 0 spiro atoms. The normalized spacial score (nSPS) is 19.1. The number of alkyl halides is 3. The summed E-state index contributed by atoms with van der Waals surface area (Å²) in [5.74, 6) is 0.219. The molecule has 0 atom stereocenters. The Hall–Kier alpha value is -1.97. The molecular formula is C20H21F3N2O3S. The van der Waals surface area contributed by atoms with Gasteiger partial charge in [0.2, 0.25) is 0 Å². The first kappa shape index (κ1) is 20.3. The molecule has 2 aliphatic heterocycles. The van der Waals surface area contributed by atoms with Crippen molar-refractivity contribution in [2.45, 2.75) is 32.2 Å². The summed E-state index contributed by atoms with van der Waals surface area (Å²) in [7, 11) is 0. The van der Waals surface area contributed by atoms with Gasteiger partial charge < -0.3 is 14.4 Å². The molecule has 2 aliphatic rings. The summed E-state index contributed by atoms with van der Waals surface area (Å²) in [4.78, 5) is 19.7. The smallest absolute Gasteiger partial charge is 0.350 e. The number of nitrogens with zero attached hydrogens (tertiary/aromatic N) is 2. The Morgan fingerprint density at radius 1 is 1.14 bits per heavy atom. The Kier molecular flexibility index (Phi) is 5.63. The van der Waals surface area contributed by atoms with Gasteiger partial charge in [-0.2, -0.15) is 13.2 Å².